The molecule has 2 aliphatic rings. The number of aliphatic hydroxyl groups excluding tert-OH is 1. The average Bonchev–Trinajstić information content (AvgIpc) is 3.21. The van der Waals surface area contributed by atoms with Crippen LogP contribution in [0.4, 0.5) is 4.79 Å². The van der Waals surface area contributed by atoms with Gasteiger partial charge in [0, 0.05) is 43.5 Å². The van der Waals surface area contributed by atoms with Gasteiger partial charge in [0.25, 0.3) is 0 Å². The van der Waals surface area contributed by atoms with E-state index in [1.165, 1.54) is 25.0 Å². The van der Waals surface area contributed by atoms with Crippen LogP contribution in [0.15, 0.2) is 18.3 Å². The van der Waals surface area contributed by atoms with Crippen LogP contribution < -0.4 is 10.6 Å². The van der Waals surface area contributed by atoms with Crippen LogP contribution in [0.25, 0.3) is 0 Å². The first-order chi connectivity index (χ1) is 11.1. The molecule has 5 unspecified atom stereocenters. The van der Waals surface area contributed by atoms with E-state index < -0.39 is 0 Å². The predicted octanol–water partition coefficient (Wildman–Crippen LogP) is 2.05. The molecule has 0 spiro atoms. The summed E-state index contributed by atoms with van der Waals surface area (Å²) in [5.74, 6) is 1.41. The van der Waals surface area contributed by atoms with Crippen LogP contribution in [0.5, 0.6) is 0 Å². The Kier molecular flexibility index (Phi) is 4.95. The summed E-state index contributed by atoms with van der Waals surface area (Å²) in [6.45, 7) is 2.24. The van der Waals surface area contributed by atoms with Crippen molar-refractivity contribution in [3.63, 3.8) is 0 Å². The number of carbonyl (C=O) groups excluding carboxylic acids is 1. The number of nitrogens with one attached hydrogen (secondary N) is 2. The van der Waals surface area contributed by atoms with Gasteiger partial charge < -0.3 is 20.3 Å². The molecule has 0 aliphatic heterocycles. The van der Waals surface area contributed by atoms with Crippen molar-refractivity contribution in [1.82, 2.24) is 15.2 Å². The minimum atomic E-state index is -0.0830. The Morgan fingerprint density at radius 3 is 2.91 bits per heavy atom. The highest BCUT2D eigenvalue weighted by atomic mass is 16.3. The maximum Gasteiger partial charge on any atom is 0.315 e. The fourth-order valence-corrected chi connectivity index (χ4v) is 4.51. The van der Waals surface area contributed by atoms with Crippen molar-refractivity contribution in [1.29, 1.82) is 0 Å². The fraction of sp³-hybridized carbons (Fsp3) is 0.722. The third-order valence-corrected chi connectivity index (χ3v) is 5.86. The second-order valence-electron chi connectivity index (χ2n) is 7.37. The monoisotopic (exact) mass is 319 g/mol. The summed E-state index contributed by atoms with van der Waals surface area (Å²) in [4.78, 5) is 12.3. The molecule has 5 nitrogen and oxygen atoms in total. The number of fused-ring (bicyclic) bond motifs is 2. The maximum absolute atomic E-state index is 12.3. The lowest BCUT2D eigenvalue weighted by Gasteiger charge is -2.31. The van der Waals surface area contributed by atoms with Crippen molar-refractivity contribution in [2.45, 2.75) is 51.1 Å². The van der Waals surface area contributed by atoms with Gasteiger partial charge in [-0.1, -0.05) is 0 Å². The Hall–Kier alpha value is -1.49. The van der Waals surface area contributed by atoms with E-state index in [-0.39, 0.29) is 30.6 Å². The molecule has 0 radical (unpaired) electrons. The molecule has 0 aromatic carbocycles. The zero-order chi connectivity index (χ0) is 16.4. The standard InChI is InChI=1S/C18H29N3O2/c1-12(5-8-15-4-3-9-21(15)2)19-18(23)20-17-14-7-6-13(10-14)16(17)11-22/h3-4,9,12-14,16-17,22H,5-8,10-11H2,1-2H3,(H2,19,20,23). The van der Waals surface area contributed by atoms with Gasteiger partial charge in [-0.05, 0) is 63.0 Å². The first-order valence-electron chi connectivity index (χ1n) is 8.86. The van der Waals surface area contributed by atoms with Gasteiger partial charge in [-0.2, -0.15) is 0 Å². The quantitative estimate of drug-likeness (QED) is 0.751. The van der Waals surface area contributed by atoms with Crippen LogP contribution in [0.2, 0.25) is 0 Å². The molecular formula is C18H29N3O2. The highest BCUT2D eigenvalue weighted by Gasteiger charge is 2.47. The summed E-state index contributed by atoms with van der Waals surface area (Å²) in [5, 5.41) is 15.8. The number of aryl methyl sites for hydroxylation is 2. The van der Waals surface area contributed by atoms with Gasteiger partial charge in [-0.3, -0.25) is 0 Å². The SMILES string of the molecule is CC(CCc1cccn1C)NC(=O)NC1C2CCC(C2)C1CO. The maximum atomic E-state index is 12.3. The zero-order valence-corrected chi connectivity index (χ0v) is 14.2. The lowest BCUT2D eigenvalue weighted by atomic mass is 9.85. The van der Waals surface area contributed by atoms with Crippen LogP contribution >= 0.6 is 0 Å². The molecule has 23 heavy (non-hydrogen) atoms. The largest absolute Gasteiger partial charge is 0.396 e. The summed E-state index contributed by atoms with van der Waals surface area (Å²) in [7, 11) is 2.05. The van der Waals surface area contributed by atoms with Gasteiger partial charge >= 0.3 is 6.03 Å². The molecule has 2 aliphatic carbocycles. The molecular weight excluding hydrogens is 290 g/mol. The van der Waals surface area contributed by atoms with E-state index in [1.54, 1.807) is 0 Å². The van der Waals surface area contributed by atoms with Gasteiger partial charge in [0.1, 0.15) is 0 Å². The number of nitrogens with zero attached hydrogens (tertiary/aromatic N) is 1. The highest BCUT2D eigenvalue weighted by Crippen LogP contribution is 2.48. The molecule has 3 rings (SSSR count). The van der Waals surface area contributed by atoms with Crippen molar-refractivity contribution >= 4 is 6.03 Å². The molecule has 2 amide bonds. The predicted molar refractivity (Wildman–Crippen MR) is 90.1 cm³/mol. The minimum Gasteiger partial charge on any atom is -0.396 e. The Labute approximate surface area is 138 Å². The van der Waals surface area contributed by atoms with Crippen molar-refractivity contribution in [2.24, 2.45) is 24.8 Å². The molecule has 0 saturated heterocycles. The summed E-state index contributed by atoms with van der Waals surface area (Å²) in [6, 6.07) is 4.37. The molecule has 2 bridgehead atoms. The molecule has 2 saturated carbocycles. The average molecular weight is 319 g/mol. The third-order valence-electron chi connectivity index (χ3n) is 5.86. The summed E-state index contributed by atoms with van der Waals surface area (Å²) in [5.41, 5.74) is 1.28. The second kappa shape index (κ2) is 6.95. The van der Waals surface area contributed by atoms with Crippen LogP contribution in [0.1, 0.15) is 38.3 Å². The number of carbonyl (C=O) groups is 1. The number of hydrogen-bond acceptors (Lipinski definition) is 2. The molecule has 5 heteroatoms. The van der Waals surface area contributed by atoms with E-state index in [0.29, 0.717) is 11.8 Å². The smallest absolute Gasteiger partial charge is 0.315 e. The van der Waals surface area contributed by atoms with E-state index in [2.05, 4.69) is 21.3 Å². The zero-order valence-electron chi connectivity index (χ0n) is 14.2. The number of hydrogen-bond donors (Lipinski definition) is 3. The third kappa shape index (κ3) is 3.55. The Bertz CT molecular complexity index is 542. The molecule has 3 N–H and O–H groups in total. The Morgan fingerprint density at radius 1 is 1.43 bits per heavy atom. The van der Waals surface area contributed by atoms with Gasteiger partial charge in [-0.25, -0.2) is 4.79 Å². The summed E-state index contributed by atoms with van der Waals surface area (Å²) >= 11 is 0. The van der Waals surface area contributed by atoms with Crippen LogP contribution in [-0.4, -0.2) is 34.4 Å². The van der Waals surface area contributed by atoms with E-state index in [0.717, 1.165) is 12.8 Å². The van der Waals surface area contributed by atoms with Crippen LogP contribution in [-0.2, 0) is 13.5 Å². The number of rotatable bonds is 6. The number of aromatic nitrogens is 1. The first-order valence-corrected chi connectivity index (χ1v) is 8.86. The lowest BCUT2D eigenvalue weighted by molar-refractivity contribution is 0.144. The molecule has 2 fully saturated rings. The van der Waals surface area contributed by atoms with Gasteiger partial charge in [0.05, 0.1) is 0 Å². The lowest BCUT2D eigenvalue weighted by Crippen LogP contribution is -2.50. The molecule has 1 heterocycles. The Morgan fingerprint density at radius 2 is 2.22 bits per heavy atom. The van der Waals surface area contributed by atoms with Gasteiger partial charge in [-0.15, -0.1) is 0 Å². The number of urea groups is 1. The summed E-state index contributed by atoms with van der Waals surface area (Å²) in [6.07, 6.45) is 7.49. The number of amides is 2. The molecule has 1 aromatic rings. The van der Waals surface area contributed by atoms with Crippen LogP contribution in [0.3, 0.4) is 0 Å². The van der Waals surface area contributed by atoms with E-state index in [1.807, 2.05) is 26.2 Å². The molecule has 1 aromatic heterocycles. The molecule has 5 atom stereocenters. The van der Waals surface area contributed by atoms with E-state index >= 15 is 0 Å². The van der Waals surface area contributed by atoms with E-state index in [9.17, 15) is 9.90 Å². The first kappa shape index (κ1) is 16.4. The normalized spacial score (nSPS) is 30.4. The van der Waals surface area contributed by atoms with Crippen molar-refractivity contribution < 1.29 is 9.90 Å². The topological polar surface area (TPSA) is 66.3 Å². The number of aliphatic hydroxyl groups is 1. The fourth-order valence-electron chi connectivity index (χ4n) is 4.51. The highest BCUT2D eigenvalue weighted by molar-refractivity contribution is 5.74. The minimum absolute atomic E-state index is 0.0830. The van der Waals surface area contributed by atoms with Crippen molar-refractivity contribution in [3.8, 4) is 0 Å². The van der Waals surface area contributed by atoms with Gasteiger partial charge in [0.2, 0.25) is 0 Å². The van der Waals surface area contributed by atoms with E-state index in [4.69, 9.17) is 0 Å². The second-order valence-corrected chi connectivity index (χ2v) is 7.37. The van der Waals surface area contributed by atoms with Crippen molar-refractivity contribution in [2.75, 3.05) is 6.61 Å². The Balaban J connectivity index is 1.44. The van der Waals surface area contributed by atoms with Crippen molar-refractivity contribution in [3.05, 3.63) is 24.0 Å². The summed E-state index contributed by atoms with van der Waals surface area (Å²) < 4.78 is 2.12. The molecule has 128 valence electrons. The van der Waals surface area contributed by atoms with Gasteiger partial charge in [0.15, 0.2) is 0 Å². The van der Waals surface area contributed by atoms with Crippen LogP contribution in [0, 0.1) is 17.8 Å².